The minimum absolute atomic E-state index is 0.0156. The molecular weight excluding hydrogens is 216 g/mol. The first kappa shape index (κ1) is 12.0. The number of benzene rings is 1. The molecule has 1 heterocycles. The molecule has 1 aromatic carbocycles. The van der Waals surface area contributed by atoms with Crippen LogP contribution in [-0.2, 0) is 0 Å². The smallest absolute Gasteiger partial charge is 0.0934 e. The molecule has 88 valence electrons. The standard InChI is InChI=1S/C14H20OS/c1-10-5-6-12(9-11(10)2)13(15)14(3)7-4-8-16-14/h5-6,9,13,15H,4,7-8H2,1-3H3. The summed E-state index contributed by atoms with van der Waals surface area (Å²) in [5.74, 6) is 1.18. The van der Waals surface area contributed by atoms with E-state index in [-0.39, 0.29) is 10.9 Å². The number of hydrogen-bond donors (Lipinski definition) is 1. The van der Waals surface area contributed by atoms with Crippen LogP contribution in [0.5, 0.6) is 0 Å². The van der Waals surface area contributed by atoms with Crippen molar-refractivity contribution >= 4 is 11.8 Å². The van der Waals surface area contributed by atoms with Crippen LogP contribution in [-0.4, -0.2) is 15.6 Å². The predicted molar refractivity (Wildman–Crippen MR) is 71.0 cm³/mol. The SMILES string of the molecule is Cc1ccc(C(O)C2(C)CCCS2)cc1C. The van der Waals surface area contributed by atoms with Gasteiger partial charge in [-0.1, -0.05) is 18.2 Å². The summed E-state index contributed by atoms with van der Waals surface area (Å²) < 4.78 is 0.0156. The van der Waals surface area contributed by atoms with E-state index in [0.29, 0.717) is 0 Å². The molecule has 1 aromatic rings. The lowest BCUT2D eigenvalue weighted by molar-refractivity contribution is 0.135. The topological polar surface area (TPSA) is 20.2 Å². The van der Waals surface area contributed by atoms with Crippen LogP contribution in [0.1, 0.15) is 42.6 Å². The Bertz CT molecular complexity index is 380. The van der Waals surface area contributed by atoms with Gasteiger partial charge in [-0.3, -0.25) is 0 Å². The van der Waals surface area contributed by atoms with Crippen LogP contribution in [0.15, 0.2) is 18.2 Å². The lowest BCUT2D eigenvalue weighted by atomic mass is 9.91. The van der Waals surface area contributed by atoms with Crippen LogP contribution in [0.25, 0.3) is 0 Å². The van der Waals surface area contributed by atoms with Crippen molar-refractivity contribution in [3.63, 3.8) is 0 Å². The highest BCUT2D eigenvalue weighted by Crippen LogP contribution is 2.46. The van der Waals surface area contributed by atoms with E-state index in [4.69, 9.17) is 0 Å². The Labute approximate surface area is 102 Å². The highest BCUT2D eigenvalue weighted by Gasteiger charge is 2.37. The summed E-state index contributed by atoms with van der Waals surface area (Å²) in [4.78, 5) is 0. The number of aryl methyl sites for hydroxylation is 2. The molecule has 1 N–H and O–H groups in total. The lowest BCUT2D eigenvalue weighted by Gasteiger charge is -2.29. The van der Waals surface area contributed by atoms with Gasteiger partial charge in [0.15, 0.2) is 0 Å². The van der Waals surface area contributed by atoms with Crippen molar-refractivity contribution in [2.24, 2.45) is 0 Å². The van der Waals surface area contributed by atoms with Crippen molar-refractivity contribution in [1.82, 2.24) is 0 Å². The molecule has 0 aliphatic carbocycles. The molecule has 1 aliphatic rings. The zero-order valence-corrected chi connectivity index (χ0v) is 11.1. The van der Waals surface area contributed by atoms with Gasteiger partial charge in [0.1, 0.15) is 0 Å². The Balaban J connectivity index is 2.26. The summed E-state index contributed by atoms with van der Waals surface area (Å²) in [5, 5.41) is 10.5. The summed E-state index contributed by atoms with van der Waals surface area (Å²) in [6, 6.07) is 6.30. The third-order valence-corrected chi connectivity index (χ3v) is 5.25. The Morgan fingerprint density at radius 1 is 1.31 bits per heavy atom. The molecule has 0 amide bonds. The Morgan fingerprint density at radius 3 is 2.62 bits per heavy atom. The lowest BCUT2D eigenvalue weighted by Crippen LogP contribution is -2.26. The Kier molecular flexibility index (Phi) is 3.32. The molecule has 0 radical (unpaired) electrons. The van der Waals surface area contributed by atoms with Gasteiger partial charge in [-0.25, -0.2) is 0 Å². The molecule has 0 aromatic heterocycles. The predicted octanol–water partition coefficient (Wildman–Crippen LogP) is 3.62. The molecule has 1 saturated heterocycles. The average Bonchev–Trinajstić information content (AvgIpc) is 2.70. The van der Waals surface area contributed by atoms with Crippen LogP contribution >= 0.6 is 11.8 Å². The second-order valence-corrected chi connectivity index (χ2v) is 6.64. The molecule has 2 heteroatoms. The van der Waals surface area contributed by atoms with Crippen LogP contribution in [0.2, 0.25) is 0 Å². The van der Waals surface area contributed by atoms with Gasteiger partial charge in [0.05, 0.1) is 6.10 Å². The second-order valence-electron chi connectivity index (χ2n) is 5.01. The molecule has 0 spiro atoms. The highest BCUT2D eigenvalue weighted by atomic mass is 32.2. The summed E-state index contributed by atoms with van der Waals surface area (Å²) in [7, 11) is 0. The van der Waals surface area contributed by atoms with E-state index in [2.05, 4.69) is 39.0 Å². The number of aliphatic hydroxyl groups excluding tert-OH is 1. The Morgan fingerprint density at radius 2 is 2.06 bits per heavy atom. The first-order chi connectivity index (χ1) is 7.53. The van der Waals surface area contributed by atoms with Crippen molar-refractivity contribution in [2.75, 3.05) is 5.75 Å². The number of hydrogen-bond acceptors (Lipinski definition) is 2. The fourth-order valence-corrected chi connectivity index (χ4v) is 3.64. The molecule has 1 nitrogen and oxygen atoms in total. The van der Waals surface area contributed by atoms with E-state index in [1.807, 2.05) is 11.8 Å². The zero-order chi connectivity index (χ0) is 11.8. The first-order valence-electron chi connectivity index (χ1n) is 5.92. The van der Waals surface area contributed by atoms with Crippen LogP contribution in [0.4, 0.5) is 0 Å². The molecule has 1 fully saturated rings. The maximum atomic E-state index is 10.5. The summed E-state index contributed by atoms with van der Waals surface area (Å²) in [5.41, 5.74) is 3.63. The third kappa shape index (κ3) is 2.14. The molecule has 0 bridgehead atoms. The monoisotopic (exact) mass is 236 g/mol. The molecular formula is C14H20OS. The van der Waals surface area contributed by atoms with Gasteiger partial charge in [-0.15, -0.1) is 0 Å². The molecule has 2 atom stereocenters. The van der Waals surface area contributed by atoms with Crippen molar-refractivity contribution in [3.8, 4) is 0 Å². The number of thioether (sulfide) groups is 1. The van der Waals surface area contributed by atoms with Gasteiger partial charge < -0.3 is 5.11 Å². The number of rotatable bonds is 2. The minimum atomic E-state index is -0.334. The maximum Gasteiger partial charge on any atom is 0.0934 e. The van der Waals surface area contributed by atoms with Crippen molar-refractivity contribution < 1.29 is 5.11 Å². The van der Waals surface area contributed by atoms with Crippen LogP contribution in [0, 0.1) is 13.8 Å². The van der Waals surface area contributed by atoms with Gasteiger partial charge in [0, 0.05) is 4.75 Å². The van der Waals surface area contributed by atoms with Gasteiger partial charge in [-0.05, 0) is 56.1 Å². The molecule has 16 heavy (non-hydrogen) atoms. The van der Waals surface area contributed by atoms with Crippen LogP contribution < -0.4 is 0 Å². The molecule has 2 rings (SSSR count). The fourth-order valence-electron chi connectivity index (χ4n) is 2.30. The van der Waals surface area contributed by atoms with E-state index < -0.39 is 0 Å². The normalized spacial score (nSPS) is 27.0. The quantitative estimate of drug-likeness (QED) is 0.846. The van der Waals surface area contributed by atoms with E-state index in [9.17, 15) is 5.11 Å². The van der Waals surface area contributed by atoms with Crippen LogP contribution in [0.3, 0.4) is 0 Å². The first-order valence-corrected chi connectivity index (χ1v) is 6.91. The maximum absolute atomic E-state index is 10.5. The molecule has 0 saturated carbocycles. The highest BCUT2D eigenvalue weighted by molar-refractivity contribution is 8.00. The minimum Gasteiger partial charge on any atom is -0.387 e. The van der Waals surface area contributed by atoms with Crippen molar-refractivity contribution in [3.05, 3.63) is 34.9 Å². The van der Waals surface area contributed by atoms with Crippen molar-refractivity contribution in [2.45, 2.75) is 44.5 Å². The second kappa shape index (κ2) is 4.42. The van der Waals surface area contributed by atoms with Gasteiger partial charge in [-0.2, -0.15) is 11.8 Å². The van der Waals surface area contributed by atoms with Crippen molar-refractivity contribution in [1.29, 1.82) is 0 Å². The van der Waals surface area contributed by atoms with Gasteiger partial charge in [0.2, 0.25) is 0 Å². The summed E-state index contributed by atoms with van der Waals surface area (Å²) >= 11 is 1.91. The summed E-state index contributed by atoms with van der Waals surface area (Å²) in [6.45, 7) is 6.40. The molecule has 2 unspecified atom stereocenters. The van der Waals surface area contributed by atoms with E-state index in [1.165, 1.54) is 23.3 Å². The molecule has 1 aliphatic heterocycles. The summed E-state index contributed by atoms with van der Waals surface area (Å²) in [6.07, 6.45) is 2.01. The third-order valence-electron chi connectivity index (χ3n) is 3.67. The van der Waals surface area contributed by atoms with E-state index >= 15 is 0 Å². The zero-order valence-electron chi connectivity index (χ0n) is 10.3. The van der Waals surface area contributed by atoms with E-state index in [1.54, 1.807) is 0 Å². The number of aliphatic hydroxyl groups is 1. The van der Waals surface area contributed by atoms with E-state index in [0.717, 1.165) is 12.0 Å². The van der Waals surface area contributed by atoms with Gasteiger partial charge >= 0.3 is 0 Å². The Hall–Kier alpha value is -0.470. The average molecular weight is 236 g/mol. The van der Waals surface area contributed by atoms with Gasteiger partial charge in [0.25, 0.3) is 0 Å². The largest absolute Gasteiger partial charge is 0.387 e. The fraction of sp³-hybridized carbons (Fsp3) is 0.571.